The molecular formula is C107H101BrF4N26O12. The van der Waals surface area contributed by atoms with Crippen LogP contribution in [0.3, 0.4) is 0 Å². The second-order valence-electron chi connectivity index (χ2n) is 36.3. The maximum atomic E-state index is 14.4. The Morgan fingerprint density at radius 2 is 0.687 bits per heavy atom. The number of nitrogens with one attached hydrogen (secondary N) is 4. The standard InChI is InChI=1S/C27H24BrFN6O3.2C27H25FN6O3.C25H23FN8O3.CH4/c1-15(36)21-13-34(22-7-6-17(8-20(21)22)18-10-30-16(2)31-11-18)14-26(37)35-12-19(29)9-23(35)27(38)33-25-5-3-4-24(28)32-25;1-16-4-3-5-25(31-16)32-27(37)24-9-20(28)12-34(24)26(36)14-33-13-22(17(2)35)21-8-18(6-7-23(21)33)19-10-29-15-30-11-19;1-16-4-3-5-25(31-16)32-27(37)24-11-20(28)13-34(24)26(36)15-33-14-22(17(2)35)21-10-18(6-7-23(21)33)19-8-9-29-30-12-19;1-14-3-2-4-21(30-14)31-25(37)20-10-17(26)12-33(20)22(35)13-34-19-6-5-15(16-7-8-28-29-11-16)9-18(19)23(32-34)24(27)36;/h3-8,10-11,13,19,23H,9,12,14H2,1-2H3,(H,32,33,38);3-8,10-11,13,15,20,24H,9,12,14H2,1-2H3,(H,31,32,37);3-10,12,14,20,24H,11,13,15H2,1-2H3,(H,31,32,37);2-9,11,17,20H,10,12-13H2,1H3,(H2,27,36)(H,30,31,37);1H4/t19-,23+;2*20-,24+;17-,20+;/m1111./s1. The van der Waals surface area contributed by atoms with Crippen LogP contribution in [0.5, 0.6) is 0 Å². The number of amides is 9. The third-order valence-corrected chi connectivity index (χ3v) is 26.1. The number of fused-ring (bicyclic) bond motifs is 4. The molecule has 0 spiro atoms. The van der Waals surface area contributed by atoms with Crippen molar-refractivity contribution < 1.29 is 75.1 Å². The third-order valence-electron chi connectivity index (χ3n) is 25.7. The van der Waals surface area contributed by atoms with Gasteiger partial charge in [-0.15, -0.1) is 0 Å². The molecular weight excluding hydrogens is 2000 g/mol. The van der Waals surface area contributed by atoms with E-state index in [2.05, 4.69) is 103 Å². The number of alkyl halides is 4. The molecule has 4 aromatic carbocycles. The molecule has 150 heavy (non-hydrogen) atoms. The topological polar surface area (TPSA) is 479 Å². The first kappa shape index (κ1) is 105. The molecule has 16 heterocycles. The van der Waals surface area contributed by atoms with E-state index in [1.165, 1.54) is 51.4 Å². The molecule has 16 aromatic rings. The molecule has 9 amide bonds. The van der Waals surface area contributed by atoms with E-state index in [9.17, 15) is 75.1 Å². The number of primary amides is 1. The highest BCUT2D eigenvalue weighted by Gasteiger charge is 2.45. The van der Waals surface area contributed by atoms with Crippen molar-refractivity contribution in [1.29, 1.82) is 0 Å². The van der Waals surface area contributed by atoms with Crippen molar-refractivity contribution in [3.63, 3.8) is 0 Å². The van der Waals surface area contributed by atoms with Gasteiger partial charge in [-0.25, -0.2) is 57.4 Å². The Balaban J connectivity index is 0.000000142. The number of benzene rings is 4. The summed E-state index contributed by atoms with van der Waals surface area (Å²) in [5.74, 6) is -2.97. The molecule has 0 radical (unpaired) electrons. The number of carbonyl (C=O) groups is 12. The number of rotatable bonds is 24. The van der Waals surface area contributed by atoms with E-state index in [4.69, 9.17) is 5.73 Å². The SMILES string of the molecule is C.CC(=O)c1cn(CC(=O)N2C[C@H](F)C[C@H]2C(=O)Nc2cccc(Br)n2)c2ccc(-c3cnc(C)nc3)cc12.CC(=O)c1cn(CC(=O)N2C[C@H](F)C[C@H]2C(=O)Nc2cccc(C)n2)c2ccc(-c3ccnnc3)cc12.CC(=O)c1cn(CC(=O)N2C[C@H](F)C[C@H]2C(=O)Nc2cccc(C)n2)c2ccc(-c3cncnc3)cc12.Cc1cccc(NC(=O)[C@@H]2C[C@@H](F)CN2C(=O)Cn2nc(C(N)=O)c3cc(-c4ccnnc4)ccc32)n1. The van der Waals surface area contributed by atoms with Gasteiger partial charge in [-0.3, -0.25) is 62.2 Å². The quantitative estimate of drug-likeness (QED) is 0.0213. The summed E-state index contributed by atoms with van der Waals surface area (Å²) in [5, 5.41) is 32.8. The summed E-state index contributed by atoms with van der Waals surface area (Å²) in [7, 11) is 0. The fraction of sp³-hybridized carbons (Fsp3) is 0.262. The Kier molecular flexibility index (Phi) is 32.2. The van der Waals surface area contributed by atoms with Crippen LogP contribution in [0.1, 0.15) is 118 Å². The lowest BCUT2D eigenvalue weighted by Crippen LogP contribution is -2.44. The summed E-state index contributed by atoms with van der Waals surface area (Å²) in [6.45, 7) is 10.1. The molecule has 0 aliphatic carbocycles. The fourth-order valence-electron chi connectivity index (χ4n) is 18.6. The number of aromatic nitrogens is 17. The van der Waals surface area contributed by atoms with Gasteiger partial charge in [0.1, 0.15) is 115 Å². The van der Waals surface area contributed by atoms with Crippen molar-refractivity contribution >= 4 is 153 Å². The number of Topliss-reactive ketones (excluding diaryl/α,β-unsaturated/α-hetero) is 3. The summed E-state index contributed by atoms with van der Waals surface area (Å²) >= 11 is 3.25. The van der Waals surface area contributed by atoms with Gasteiger partial charge < -0.3 is 60.3 Å². The predicted octanol–water partition coefficient (Wildman–Crippen LogP) is 14.0. The lowest BCUT2D eigenvalue weighted by Gasteiger charge is -2.24. The molecule has 4 fully saturated rings. The number of nitrogens with zero attached hydrogens (tertiary/aromatic N) is 21. The highest BCUT2D eigenvalue weighted by atomic mass is 79.9. The summed E-state index contributed by atoms with van der Waals surface area (Å²) in [4.78, 5) is 193. The van der Waals surface area contributed by atoms with Gasteiger partial charge in [0.25, 0.3) is 5.91 Å². The molecule has 0 unspecified atom stereocenters. The van der Waals surface area contributed by atoms with Crippen LogP contribution < -0.4 is 27.0 Å². The summed E-state index contributed by atoms with van der Waals surface area (Å²) in [5.41, 5.74) is 18.2. The van der Waals surface area contributed by atoms with E-state index in [0.29, 0.717) is 99.7 Å². The first-order valence-corrected chi connectivity index (χ1v) is 48.1. The Bertz CT molecular complexity index is 7360. The van der Waals surface area contributed by atoms with Crippen LogP contribution in [0, 0.1) is 27.7 Å². The Morgan fingerprint density at radius 1 is 0.367 bits per heavy atom. The number of nitrogens with two attached hydrogens (primary N) is 1. The molecule has 8 atom stereocenters. The highest BCUT2D eigenvalue weighted by Crippen LogP contribution is 2.37. The van der Waals surface area contributed by atoms with Gasteiger partial charge in [0, 0.05) is 163 Å². The normalized spacial score (nSPS) is 17.1. The molecule has 4 aliphatic heterocycles. The van der Waals surface area contributed by atoms with Crippen molar-refractivity contribution in [2.75, 3.05) is 47.4 Å². The molecule has 766 valence electrons. The molecule has 20 rings (SSSR count). The summed E-state index contributed by atoms with van der Waals surface area (Å²) < 4.78 is 64.5. The van der Waals surface area contributed by atoms with Crippen molar-refractivity contribution in [2.24, 2.45) is 5.73 Å². The number of hydrogen-bond donors (Lipinski definition) is 5. The zero-order valence-corrected chi connectivity index (χ0v) is 82.9. The minimum absolute atomic E-state index is 0. The van der Waals surface area contributed by atoms with Crippen LogP contribution in [0.4, 0.5) is 40.8 Å². The Morgan fingerprint density at radius 3 is 1.01 bits per heavy atom. The van der Waals surface area contributed by atoms with Gasteiger partial charge in [0.2, 0.25) is 47.3 Å². The average molecular weight is 2100 g/mol. The van der Waals surface area contributed by atoms with Crippen LogP contribution in [-0.4, -0.2) is 249 Å². The Labute approximate surface area is 863 Å². The molecule has 12 aromatic heterocycles. The van der Waals surface area contributed by atoms with Gasteiger partial charge in [-0.1, -0.05) is 56.0 Å². The minimum atomic E-state index is -1.35. The van der Waals surface area contributed by atoms with E-state index in [0.717, 1.165) is 55.9 Å². The van der Waals surface area contributed by atoms with Crippen molar-refractivity contribution in [3.8, 4) is 44.5 Å². The first-order chi connectivity index (χ1) is 71.6. The molecule has 4 saturated heterocycles. The maximum Gasteiger partial charge on any atom is 0.269 e. The number of halogens is 5. The third kappa shape index (κ3) is 24.2. The highest BCUT2D eigenvalue weighted by molar-refractivity contribution is 9.10. The molecule has 38 nitrogen and oxygen atoms in total. The smallest absolute Gasteiger partial charge is 0.269 e. The monoisotopic (exact) mass is 2100 g/mol. The summed E-state index contributed by atoms with van der Waals surface area (Å²) in [6.07, 6.45) is 13.8. The van der Waals surface area contributed by atoms with Crippen LogP contribution in [0.25, 0.3) is 88.1 Å². The van der Waals surface area contributed by atoms with E-state index in [1.807, 2.05) is 60.7 Å². The first-order valence-electron chi connectivity index (χ1n) is 47.3. The summed E-state index contributed by atoms with van der Waals surface area (Å²) in [6, 6.07) is 42.2. The predicted molar refractivity (Wildman–Crippen MR) is 553 cm³/mol. The van der Waals surface area contributed by atoms with Gasteiger partial charge in [0.05, 0.1) is 56.5 Å². The lowest BCUT2D eigenvalue weighted by atomic mass is 10.0. The van der Waals surface area contributed by atoms with Crippen LogP contribution in [0.15, 0.2) is 237 Å². The van der Waals surface area contributed by atoms with Crippen LogP contribution in [-0.2, 0) is 64.5 Å². The van der Waals surface area contributed by atoms with Crippen molar-refractivity contribution in [3.05, 3.63) is 282 Å². The average Bonchev–Trinajstić information content (AvgIpc) is 1.63. The number of pyridine rings is 4. The molecule has 0 bridgehead atoms. The molecule has 4 aliphatic rings. The zero-order valence-electron chi connectivity index (χ0n) is 81.3. The fourth-order valence-corrected chi connectivity index (χ4v) is 18.9. The number of carbonyl (C=O) groups excluding carboxylic acids is 12. The number of likely N-dealkylation sites (tertiary alicyclic amines) is 4. The molecule has 6 N–H and O–H groups in total. The largest absolute Gasteiger partial charge is 0.364 e. The second-order valence-corrected chi connectivity index (χ2v) is 37.1. The van der Waals surface area contributed by atoms with Gasteiger partial charge >= 0.3 is 0 Å². The van der Waals surface area contributed by atoms with E-state index >= 15 is 0 Å². The zero-order chi connectivity index (χ0) is 105. The van der Waals surface area contributed by atoms with E-state index in [1.54, 1.807) is 207 Å². The van der Waals surface area contributed by atoms with Gasteiger partial charge in [0.15, 0.2) is 23.0 Å². The second kappa shape index (κ2) is 46.0. The number of anilines is 4. The van der Waals surface area contributed by atoms with Gasteiger partial charge in [-0.2, -0.15) is 25.5 Å². The molecule has 43 heteroatoms. The van der Waals surface area contributed by atoms with Crippen molar-refractivity contribution in [2.45, 2.75) is 157 Å². The Hall–Kier alpha value is -17.7. The van der Waals surface area contributed by atoms with Crippen molar-refractivity contribution in [1.82, 2.24) is 103 Å². The minimum Gasteiger partial charge on any atom is -0.364 e. The van der Waals surface area contributed by atoms with Crippen LogP contribution in [0.2, 0.25) is 0 Å². The molecule has 0 saturated carbocycles. The number of hydrogen-bond acceptors (Lipinski definition) is 25. The lowest BCUT2D eigenvalue weighted by molar-refractivity contribution is -0.137. The number of ketones is 3. The van der Waals surface area contributed by atoms with Crippen LogP contribution >= 0.6 is 15.9 Å². The van der Waals surface area contributed by atoms with E-state index in [-0.39, 0.29) is 109 Å². The van der Waals surface area contributed by atoms with E-state index < -0.39 is 102 Å². The number of aryl methyl sites for hydroxylation is 4. The van der Waals surface area contributed by atoms with Gasteiger partial charge in [-0.05, 0) is 196 Å². The maximum absolute atomic E-state index is 14.4.